The summed E-state index contributed by atoms with van der Waals surface area (Å²) in [6.45, 7) is 3.75. The van der Waals surface area contributed by atoms with Gasteiger partial charge in [-0.25, -0.2) is 0 Å². The third-order valence-electron chi connectivity index (χ3n) is 3.42. The Morgan fingerprint density at radius 1 is 1.24 bits per heavy atom. The highest BCUT2D eigenvalue weighted by molar-refractivity contribution is 6.07. The average molecular weight is 286 g/mol. The predicted molar refractivity (Wildman–Crippen MR) is 76.5 cm³/mol. The zero-order valence-electron chi connectivity index (χ0n) is 11.2. The van der Waals surface area contributed by atoms with Crippen molar-refractivity contribution in [2.75, 3.05) is 10.6 Å². The lowest BCUT2D eigenvalue weighted by Gasteiger charge is -2.22. The second kappa shape index (κ2) is 4.93. The maximum Gasteiger partial charge on any atom is 0.254 e. The van der Waals surface area contributed by atoms with E-state index in [1.54, 1.807) is 12.1 Å². The van der Waals surface area contributed by atoms with Crippen LogP contribution in [0, 0.1) is 0 Å². The fourth-order valence-electron chi connectivity index (χ4n) is 2.39. The van der Waals surface area contributed by atoms with Crippen molar-refractivity contribution in [2.45, 2.75) is 18.9 Å². The van der Waals surface area contributed by atoms with Gasteiger partial charge >= 0.3 is 0 Å². The van der Waals surface area contributed by atoms with Gasteiger partial charge in [-0.1, -0.05) is 12.6 Å². The van der Waals surface area contributed by atoms with Gasteiger partial charge in [0.15, 0.2) is 0 Å². The summed E-state index contributed by atoms with van der Waals surface area (Å²) in [5.74, 6) is -0.562. The Hall–Kier alpha value is -2.83. The number of anilines is 2. The molecule has 0 spiro atoms. The van der Waals surface area contributed by atoms with E-state index >= 15 is 0 Å². The van der Waals surface area contributed by atoms with Crippen LogP contribution in [0.2, 0.25) is 0 Å². The molecule has 3 amide bonds. The summed E-state index contributed by atoms with van der Waals surface area (Å²) in [6, 6.07) is 4.53. The van der Waals surface area contributed by atoms with Gasteiger partial charge in [-0.2, -0.15) is 0 Å². The van der Waals surface area contributed by atoms with E-state index in [9.17, 15) is 14.4 Å². The fraction of sp³-hybridized carbons (Fsp3) is 0.214. The monoisotopic (exact) mass is 286 g/mol. The molecule has 1 unspecified atom stereocenters. The van der Waals surface area contributed by atoms with Crippen molar-refractivity contribution in [2.24, 2.45) is 0 Å². The topological polar surface area (TPSA) is 99.3 Å². The molecule has 3 rings (SSSR count). The number of rotatable bonds is 2. The number of hydrogen-bond donors (Lipinski definition) is 4. The summed E-state index contributed by atoms with van der Waals surface area (Å²) in [5, 5.41) is 10.8. The molecule has 0 aliphatic carbocycles. The van der Waals surface area contributed by atoms with E-state index in [4.69, 9.17) is 0 Å². The van der Waals surface area contributed by atoms with E-state index in [0.29, 0.717) is 23.5 Å². The van der Waals surface area contributed by atoms with Gasteiger partial charge in [-0.05, 0) is 18.6 Å². The summed E-state index contributed by atoms with van der Waals surface area (Å²) in [5.41, 5.74) is 1.81. The van der Waals surface area contributed by atoms with Crippen LogP contribution < -0.4 is 21.3 Å². The largest absolute Gasteiger partial charge is 0.341 e. The molecule has 1 atom stereocenters. The fourth-order valence-corrected chi connectivity index (χ4v) is 2.39. The minimum absolute atomic E-state index is 0.222. The van der Waals surface area contributed by atoms with Gasteiger partial charge in [0, 0.05) is 6.42 Å². The van der Waals surface area contributed by atoms with Crippen LogP contribution in [-0.4, -0.2) is 23.8 Å². The van der Waals surface area contributed by atoms with Gasteiger partial charge in [0.2, 0.25) is 11.8 Å². The van der Waals surface area contributed by atoms with Crippen molar-refractivity contribution < 1.29 is 14.4 Å². The van der Waals surface area contributed by atoms with Crippen LogP contribution in [-0.2, 0) is 9.59 Å². The second-order valence-electron chi connectivity index (χ2n) is 4.93. The highest BCUT2D eigenvalue weighted by Crippen LogP contribution is 2.33. The van der Waals surface area contributed by atoms with Crippen LogP contribution in [0.3, 0.4) is 0 Å². The Balaban J connectivity index is 1.78. The molecule has 1 saturated heterocycles. The van der Waals surface area contributed by atoms with Gasteiger partial charge in [-0.15, -0.1) is 0 Å². The number of amides is 3. The van der Waals surface area contributed by atoms with E-state index in [1.807, 2.05) is 6.07 Å². The van der Waals surface area contributed by atoms with E-state index in [1.165, 1.54) is 0 Å². The molecule has 0 saturated carbocycles. The molecule has 1 aromatic carbocycles. The first-order valence-corrected chi connectivity index (χ1v) is 6.55. The van der Waals surface area contributed by atoms with Crippen molar-refractivity contribution >= 4 is 29.1 Å². The molecule has 2 aliphatic rings. The van der Waals surface area contributed by atoms with Crippen LogP contribution >= 0.6 is 0 Å². The van der Waals surface area contributed by atoms with Crippen molar-refractivity contribution in [3.8, 4) is 0 Å². The average Bonchev–Trinajstić information content (AvgIpc) is 2.81. The number of hydrogen-bond acceptors (Lipinski definition) is 5. The van der Waals surface area contributed by atoms with Crippen molar-refractivity contribution in [1.82, 2.24) is 10.6 Å². The summed E-state index contributed by atoms with van der Waals surface area (Å²) in [6.07, 6.45) is 0.532. The minimum atomic E-state index is -0.691. The van der Waals surface area contributed by atoms with Crippen LogP contribution in [0.5, 0.6) is 0 Å². The number of nitrogens with one attached hydrogen (secondary N) is 4. The lowest BCUT2D eigenvalue weighted by Crippen LogP contribution is -2.52. The minimum Gasteiger partial charge on any atom is -0.341 e. The number of fused-ring (bicyclic) bond motifs is 1. The number of imide groups is 1. The smallest absolute Gasteiger partial charge is 0.254 e. The Morgan fingerprint density at radius 2 is 2.05 bits per heavy atom. The van der Waals surface area contributed by atoms with E-state index in [0.717, 1.165) is 5.69 Å². The number of benzene rings is 1. The molecular weight excluding hydrogens is 272 g/mol. The first-order valence-electron chi connectivity index (χ1n) is 6.55. The van der Waals surface area contributed by atoms with Gasteiger partial charge < -0.3 is 16.0 Å². The molecule has 0 radical (unpaired) electrons. The van der Waals surface area contributed by atoms with Gasteiger partial charge in [0.1, 0.15) is 11.9 Å². The van der Waals surface area contributed by atoms with E-state index in [-0.39, 0.29) is 18.2 Å². The molecule has 0 aromatic heterocycles. The van der Waals surface area contributed by atoms with Crippen LogP contribution in [0.1, 0.15) is 23.2 Å². The Morgan fingerprint density at radius 3 is 2.81 bits per heavy atom. The summed E-state index contributed by atoms with van der Waals surface area (Å²) in [7, 11) is 0. The molecule has 2 aliphatic heterocycles. The number of carbonyl (C=O) groups excluding carboxylic acids is 3. The van der Waals surface area contributed by atoms with Crippen molar-refractivity contribution in [1.29, 1.82) is 0 Å². The first kappa shape index (κ1) is 13.2. The normalized spacial score (nSPS) is 20.2. The molecule has 2 heterocycles. The first-order chi connectivity index (χ1) is 10.0. The molecule has 21 heavy (non-hydrogen) atoms. The molecule has 108 valence electrons. The lowest BCUT2D eigenvalue weighted by atomic mass is 10.0. The quantitative estimate of drug-likeness (QED) is 0.594. The van der Waals surface area contributed by atoms with Crippen LogP contribution in [0.25, 0.3) is 0 Å². The Kier molecular flexibility index (Phi) is 3.09. The van der Waals surface area contributed by atoms with Crippen molar-refractivity contribution in [3.63, 3.8) is 0 Å². The van der Waals surface area contributed by atoms with Gasteiger partial charge in [0.05, 0.1) is 16.9 Å². The molecule has 7 nitrogen and oxygen atoms in total. The maximum atomic E-state index is 12.3. The van der Waals surface area contributed by atoms with Crippen LogP contribution in [0.4, 0.5) is 11.4 Å². The zero-order valence-corrected chi connectivity index (χ0v) is 11.2. The molecular formula is C14H14N4O3. The summed E-state index contributed by atoms with van der Waals surface area (Å²) in [4.78, 5) is 35.1. The highest BCUT2D eigenvalue weighted by Gasteiger charge is 2.29. The standard InChI is InChI=1S/C14H14N4O3/c1-7-15-9-4-2-3-8(12(9)16-7)13(20)17-10-5-6-11(19)18-14(10)21/h2-4,10,15-16H,1,5-6H2,(H,17,20)(H,18,19,21). The third-order valence-corrected chi connectivity index (χ3v) is 3.42. The van der Waals surface area contributed by atoms with Gasteiger partial charge in [0.25, 0.3) is 5.91 Å². The Bertz CT molecular complexity index is 668. The zero-order chi connectivity index (χ0) is 15.0. The summed E-state index contributed by atoms with van der Waals surface area (Å²) < 4.78 is 0. The SMILES string of the molecule is C=C1Nc2cccc(C(=O)NC3CCC(=O)NC3=O)c2N1. The number of carbonyl (C=O) groups is 3. The van der Waals surface area contributed by atoms with Gasteiger partial charge in [-0.3, -0.25) is 19.7 Å². The molecule has 0 bridgehead atoms. The Labute approximate surface area is 120 Å². The molecule has 4 N–H and O–H groups in total. The molecule has 1 aromatic rings. The predicted octanol–water partition coefficient (Wildman–Crippen LogP) is 0.530. The summed E-state index contributed by atoms with van der Waals surface area (Å²) >= 11 is 0. The third kappa shape index (κ3) is 2.45. The number of para-hydroxylation sites is 1. The highest BCUT2D eigenvalue weighted by atomic mass is 16.2. The molecule has 7 heteroatoms. The maximum absolute atomic E-state index is 12.3. The van der Waals surface area contributed by atoms with E-state index in [2.05, 4.69) is 27.8 Å². The van der Waals surface area contributed by atoms with E-state index < -0.39 is 11.9 Å². The molecule has 1 fully saturated rings. The van der Waals surface area contributed by atoms with Crippen molar-refractivity contribution in [3.05, 3.63) is 36.2 Å². The number of piperidine rings is 1. The second-order valence-corrected chi connectivity index (χ2v) is 4.93. The lowest BCUT2D eigenvalue weighted by molar-refractivity contribution is -0.134. The van der Waals surface area contributed by atoms with Crippen LogP contribution in [0.15, 0.2) is 30.6 Å².